The minimum absolute atomic E-state index is 0.0642. The van der Waals surface area contributed by atoms with E-state index >= 15 is 0 Å². The predicted octanol–water partition coefficient (Wildman–Crippen LogP) is 4.73. The summed E-state index contributed by atoms with van der Waals surface area (Å²) in [5, 5.41) is 3.00. The summed E-state index contributed by atoms with van der Waals surface area (Å²) in [5.41, 5.74) is 1.13. The van der Waals surface area contributed by atoms with Crippen molar-refractivity contribution in [2.24, 2.45) is 0 Å². The molecule has 0 aliphatic rings. The second kappa shape index (κ2) is 6.87. The average molecular weight is 327 g/mol. The Labute approximate surface area is 132 Å². The van der Waals surface area contributed by atoms with Gasteiger partial charge in [-0.3, -0.25) is 4.79 Å². The van der Waals surface area contributed by atoms with Gasteiger partial charge in [-0.25, -0.2) is 9.37 Å². The van der Waals surface area contributed by atoms with Crippen molar-refractivity contribution in [1.29, 1.82) is 0 Å². The third kappa shape index (κ3) is 4.16. The summed E-state index contributed by atoms with van der Waals surface area (Å²) in [6.07, 6.45) is 1.61. The molecule has 110 valence electrons. The highest BCUT2D eigenvalue weighted by Crippen LogP contribution is 2.20. The monoisotopic (exact) mass is 326 g/mol. The first kappa shape index (κ1) is 15.7. The van der Waals surface area contributed by atoms with Gasteiger partial charge in [0.15, 0.2) is 0 Å². The van der Waals surface area contributed by atoms with Crippen molar-refractivity contribution in [2.45, 2.75) is 19.8 Å². The molecule has 0 atom stereocenters. The fourth-order valence-electron chi connectivity index (χ4n) is 1.85. The van der Waals surface area contributed by atoms with Gasteiger partial charge in [-0.2, -0.15) is 0 Å². The molecule has 0 spiro atoms. The van der Waals surface area contributed by atoms with Gasteiger partial charge in [0, 0.05) is 16.3 Å². The van der Waals surface area contributed by atoms with E-state index in [-0.39, 0.29) is 15.9 Å². The summed E-state index contributed by atoms with van der Waals surface area (Å²) < 4.78 is 13.7. The Balaban J connectivity index is 2.23. The minimum Gasteiger partial charge on any atom is -0.319 e. The second-order valence-corrected chi connectivity index (χ2v) is 5.32. The van der Waals surface area contributed by atoms with Crippen molar-refractivity contribution in [3.63, 3.8) is 0 Å². The molecule has 0 aliphatic heterocycles. The van der Waals surface area contributed by atoms with Crippen molar-refractivity contribution < 1.29 is 9.18 Å². The van der Waals surface area contributed by atoms with Crippen LogP contribution in [0.2, 0.25) is 10.2 Å². The number of halogens is 3. The molecule has 21 heavy (non-hydrogen) atoms. The van der Waals surface area contributed by atoms with E-state index < -0.39 is 11.7 Å². The van der Waals surface area contributed by atoms with Gasteiger partial charge in [-0.1, -0.05) is 36.5 Å². The summed E-state index contributed by atoms with van der Waals surface area (Å²) >= 11 is 11.6. The van der Waals surface area contributed by atoms with Crippen LogP contribution >= 0.6 is 23.2 Å². The summed E-state index contributed by atoms with van der Waals surface area (Å²) in [6, 6.07) is 7.15. The Kier molecular flexibility index (Phi) is 5.15. The zero-order valence-electron chi connectivity index (χ0n) is 11.3. The molecule has 1 aromatic heterocycles. The van der Waals surface area contributed by atoms with Gasteiger partial charge in [0.2, 0.25) is 0 Å². The highest BCUT2D eigenvalue weighted by Gasteiger charge is 2.12. The van der Waals surface area contributed by atoms with Gasteiger partial charge < -0.3 is 5.32 Å². The first-order valence-corrected chi connectivity index (χ1v) is 7.18. The molecule has 1 amide bonds. The molecule has 1 N–H and O–H groups in total. The molecule has 0 fully saturated rings. The van der Waals surface area contributed by atoms with Crippen LogP contribution in [0.1, 0.15) is 29.4 Å². The van der Waals surface area contributed by atoms with Crippen molar-refractivity contribution in [1.82, 2.24) is 4.98 Å². The first-order chi connectivity index (χ1) is 9.99. The number of aromatic nitrogens is 1. The molecular weight excluding hydrogens is 314 g/mol. The van der Waals surface area contributed by atoms with E-state index in [4.69, 9.17) is 23.2 Å². The number of carbonyl (C=O) groups excluding carboxylic acids is 1. The van der Waals surface area contributed by atoms with Crippen molar-refractivity contribution >= 4 is 34.8 Å². The Morgan fingerprint density at radius 3 is 2.71 bits per heavy atom. The number of benzene rings is 1. The van der Waals surface area contributed by atoms with Crippen molar-refractivity contribution in [3.8, 4) is 0 Å². The van der Waals surface area contributed by atoms with Crippen molar-refractivity contribution in [2.75, 3.05) is 5.32 Å². The molecule has 0 radical (unpaired) electrons. The Hall–Kier alpha value is -1.65. The van der Waals surface area contributed by atoms with Crippen LogP contribution in [0.15, 0.2) is 30.3 Å². The van der Waals surface area contributed by atoms with Crippen LogP contribution in [0.3, 0.4) is 0 Å². The SMILES string of the molecule is CCCc1cc(C(=O)Nc2ccc(Cl)cc2F)cc(Cl)n1. The van der Waals surface area contributed by atoms with E-state index in [1.807, 2.05) is 6.92 Å². The largest absolute Gasteiger partial charge is 0.319 e. The van der Waals surface area contributed by atoms with E-state index in [2.05, 4.69) is 10.3 Å². The topological polar surface area (TPSA) is 42.0 Å². The second-order valence-electron chi connectivity index (χ2n) is 4.50. The van der Waals surface area contributed by atoms with Crippen LogP contribution in [0.5, 0.6) is 0 Å². The number of rotatable bonds is 4. The van der Waals surface area contributed by atoms with Gasteiger partial charge in [-0.05, 0) is 36.8 Å². The number of amides is 1. The number of aryl methyl sites for hydroxylation is 1. The number of nitrogens with one attached hydrogen (secondary N) is 1. The van der Waals surface area contributed by atoms with Crippen LogP contribution in [0, 0.1) is 5.82 Å². The van der Waals surface area contributed by atoms with Crippen LogP contribution < -0.4 is 5.32 Å². The molecular formula is C15H13Cl2FN2O. The number of hydrogen-bond donors (Lipinski definition) is 1. The molecule has 0 unspecified atom stereocenters. The zero-order valence-corrected chi connectivity index (χ0v) is 12.8. The Morgan fingerprint density at radius 1 is 1.29 bits per heavy atom. The van der Waals surface area contributed by atoms with Crippen LogP contribution in [0.25, 0.3) is 0 Å². The molecule has 3 nitrogen and oxygen atoms in total. The maximum Gasteiger partial charge on any atom is 0.255 e. The van der Waals surface area contributed by atoms with E-state index in [0.717, 1.165) is 24.6 Å². The summed E-state index contributed by atoms with van der Waals surface area (Å²) in [4.78, 5) is 16.3. The smallest absolute Gasteiger partial charge is 0.255 e. The van der Waals surface area contributed by atoms with Crippen LogP contribution in [-0.4, -0.2) is 10.9 Å². The van der Waals surface area contributed by atoms with Crippen molar-refractivity contribution in [3.05, 3.63) is 57.6 Å². The van der Waals surface area contributed by atoms with Gasteiger partial charge in [0.1, 0.15) is 11.0 Å². The lowest BCUT2D eigenvalue weighted by Crippen LogP contribution is -2.14. The zero-order chi connectivity index (χ0) is 15.4. The molecule has 0 bridgehead atoms. The quantitative estimate of drug-likeness (QED) is 0.825. The lowest BCUT2D eigenvalue weighted by Gasteiger charge is -2.08. The van der Waals surface area contributed by atoms with Gasteiger partial charge >= 0.3 is 0 Å². The number of hydrogen-bond acceptors (Lipinski definition) is 2. The molecule has 0 aliphatic carbocycles. The normalized spacial score (nSPS) is 10.5. The van der Waals surface area contributed by atoms with Gasteiger partial charge in [-0.15, -0.1) is 0 Å². The lowest BCUT2D eigenvalue weighted by atomic mass is 10.1. The maximum atomic E-state index is 13.7. The number of anilines is 1. The molecule has 1 aromatic carbocycles. The highest BCUT2D eigenvalue weighted by molar-refractivity contribution is 6.30. The average Bonchev–Trinajstić information content (AvgIpc) is 2.41. The van der Waals surface area contributed by atoms with Gasteiger partial charge in [0.25, 0.3) is 5.91 Å². The van der Waals surface area contributed by atoms with E-state index in [1.165, 1.54) is 18.2 Å². The molecule has 0 saturated heterocycles. The van der Waals surface area contributed by atoms with Crippen LogP contribution in [0.4, 0.5) is 10.1 Å². The van der Waals surface area contributed by atoms with Crippen LogP contribution in [-0.2, 0) is 6.42 Å². The van der Waals surface area contributed by atoms with Gasteiger partial charge in [0.05, 0.1) is 5.69 Å². The molecule has 0 saturated carbocycles. The fourth-order valence-corrected chi connectivity index (χ4v) is 2.24. The Bertz CT molecular complexity index is 677. The first-order valence-electron chi connectivity index (χ1n) is 6.42. The Morgan fingerprint density at radius 2 is 2.05 bits per heavy atom. The highest BCUT2D eigenvalue weighted by atomic mass is 35.5. The third-order valence-electron chi connectivity index (χ3n) is 2.79. The molecule has 2 aromatic rings. The fraction of sp³-hybridized carbons (Fsp3) is 0.200. The van der Waals surface area contributed by atoms with E-state index in [1.54, 1.807) is 6.07 Å². The summed E-state index contributed by atoms with van der Waals surface area (Å²) in [6.45, 7) is 2.01. The lowest BCUT2D eigenvalue weighted by molar-refractivity contribution is 0.102. The third-order valence-corrected chi connectivity index (χ3v) is 3.22. The standard InChI is InChI=1S/C15H13Cl2FN2O/c1-2-3-11-6-9(7-14(17)19-11)15(21)20-13-5-4-10(16)8-12(13)18/h4-8H,2-3H2,1H3,(H,20,21). The predicted molar refractivity (Wildman–Crippen MR) is 82.6 cm³/mol. The number of nitrogens with zero attached hydrogens (tertiary/aromatic N) is 1. The molecule has 1 heterocycles. The summed E-state index contributed by atoms with van der Waals surface area (Å²) in [7, 11) is 0. The maximum absolute atomic E-state index is 13.7. The van der Waals surface area contributed by atoms with E-state index in [9.17, 15) is 9.18 Å². The number of carbonyl (C=O) groups is 1. The summed E-state index contributed by atoms with van der Waals surface area (Å²) in [5.74, 6) is -1.04. The number of pyridine rings is 1. The van der Waals surface area contributed by atoms with E-state index in [0.29, 0.717) is 5.56 Å². The molecule has 2 rings (SSSR count). The molecule has 6 heteroatoms. The minimum atomic E-state index is -0.593.